The summed E-state index contributed by atoms with van der Waals surface area (Å²) < 4.78 is 19.0. The molecule has 1 atom stereocenters. The van der Waals surface area contributed by atoms with Crippen molar-refractivity contribution < 1.29 is 8.91 Å². The van der Waals surface area contributed by atoms with E-state index in [1.165, 1.54) is 6.07 Å². The quantitative estimate of drug-likeness (QED) is 0.750. The van der Waals surface area contributed by atoms with Gasteiger partial charge in [-0.3, -0.25) is 4.90 Å². The summed E-state index contributed by atoms with van der Waals surface area (Å²) in [5.74, 6) is 0.995. The molecule has 5 nitrogen and oxygen atoms in total. The smallest absolute Gasteiger partial charge is 0.241 e. The summed E-state index contributed by atoms with van der Waals surface area (Å²) in [4.78, 5) is 7.73. The summed E-state index contributed by atoms with van der Waals surface area (Å²) >= 11 is 1.58. The fraction of sp³-hybridized carbons (Fsp3) is 0.294. The number of nitrogens with one attached hydrogen (secondary N) is 1. The van der Waals surface area contributed by atoms with Crippen molar-refractivity contribution in [2.75, 3.05) is 19.6 Å². The summed E-state index contributed by atoms with van der Waals surface area (Å²) in [5.41, 5.74) is 0.959. The molecule has 8 heteroatoms. The van der Waals surface area contributed by atoms with Crippen LogP contribution in [0.2, 0.25) is 0 Å². The van der Waals surface area contributed by atoms with Gasteiger partial charge < -0.3 is 9.84 Å². The zero-order chi connectivity index (χ0) is 16.4. The molecule has 1 unspecified atom stereocenters. The number of piperazine rings is 1. The van der Waals surface area contributed by atoms with E-state index in [-0.39, 0.29) is 24.3 Å². The summed E-state index contributed by atoms with van der Waals surface area (Å²) in [6.45, 7) is 3.06. The first-order valence-electron chi connectivity index (χ1n) is 7.86. The molecule has 3 aromatic rings. The van der Waals surface area contributed by atoms with Gasteiger partial charge in [0, 0.05) is 25.7 Å². The lowest BCUT2D eigenvalue weighted by Gasteiger charge is -2.35. The highest BCUT2D eigenvalue weighted by molar-refractivity contribution is 7.13. The Morgan fingerprint density at radius 3 is 3.04 bits per heavy atom. The molecule has 1 aliphatic heterocycles. The largest absolute Gasteiger partial charge is 0.338 e. The Balaban J connectivity index is 0.00000182. The van der Waals surface area contributed by atoms with E-state index in [0.29, 0.717) is 18.3 Å². The van der Waals surface area contributed by atoms with E-state index in [1.54, 1.807) is 23.5 Å². The number of rotatable bonds is 4. The zero-order valence-corrected chi connectivity index (χ0v) is 15.0. The molecular weight excluding hydrogens is 363 g/mol. The Morgan fingerprint density at radius 1 is 1.32 bits per heavy atom. The predicted octanol–water partition coefficient (Wildman–Crippen LogP) is 3.51. The standard InChI is InChI=1S/C17H17FN4OS.ClH/c18-13-4-1-3-12(9-13)14-10-19-6-7-22(14)11-16-20-17(21-23-16)15-5-2-8-24-15;/h1-5,8-9,14,19H,6-7,10-11H2;1H. The Hall–Kier alpha value is -1.80. The Morgan fingerprint density at radius 2 is 2.24 bits per heavy atom. The van der Waals surface area contributed by atoms with Gasteiger partial charge in [0.2, 0.25) is 11.7 Å². The molecule has 132 valence electrons. The van der Waals surface area contributed by atoms with Crippen molar-refractivity contribution in [1.29, 1.82) is 0 Å². The number of halogens is 2. The number of hydrogen-bond donors (Lipinski definition) is 1. The van der Waals surface area contributed by atoms with Gasteiger partial charge in [0.25, 0.3) is 0 Å². The molecule has 0 amide bonds. The SMILES string of the molecule is Cl.Fc1cccc(C2CNCCN2Cc2nc(-c3cccs3)no2)c1. The van der Waals surface area contributed by atoms with E-state index in [4.69, 9.17) is 4.52 Å². The van der Waals surface area contributed by atoms with Crippen LogP contribution in [0.4, 0.5) is 4.39 Å². The molecule has 4 rings (SSSR count). The number of nitrogens with zero attached hydrogens (tertiary/aromatic N) is 3. The van der Waals surface area contributed by atoms with Crippen LogP contribution < -0.4 is 5.32 Å². The molecule has 0 saturated carbocycles. The molecule has 1 saturated heterocycles. The van der Waals surface area contributed by atoms with Crippen LogP contribution in [0.5, 0.6) is 0 Å². The van der Waals surface area contributed by atoms with Gasteiger partial charge in [-0.05, 0) is 29.1 Å². The molecule has 0 aliphatic carbocycles. The molecule has 3 heterocycles. The zero-order valence-electron chi connectivity index (χ0n) is 13.4. The lowest BCUT2D eigenvalue weighted by Crippen LogP contribution is -2.45. The van der Waals surface area contributed by atoms with Crippen LogP contribution in [-0.4, -0.2) is 34.7 Å². The van der Waals surface area contributed by atoms with Crippen LogP contribution >= 0.6 is 23.7 Å². The first kappa shape index (κ1) is 18.0. The van der Waals surface area contributed by atoms with E-state index >= 15 is 0 Å². The third-order valence-corrected chi connectivity index (χ3v) is 5.00. The lowest BCUT2D eigenvalue weighted by molar-refractivity contribution is 0.135. The Labute approximate surface area is 155 Å². The molecule has 2 aromatic heterocycles. The van der Waals surface area contributed by atoms with Gasteiger partial charge >= 0.3 is 0 Å². The predicted molar refractivity (Wildman–Crippen MR) is 97.3 cm³/mol. The minimum atomic E-state index is -0.212. The summed E-state index contributed by atoms with van der Waals surface area (Å²) in [7, 11) is 0. The monoisotopic (exact) mass is 380 g/mol. The minimum Gasteiger partial charge on any atom is -0.338 e. The van der Waals surface area contributed by atoms with Gasteiger partial charge in [-0.25, -0.2) is 4.39 Å². The van der Waals surface area contributed by atoms with Gasteiger partial charge in [-0.2, -0.15) is 4.98 Å². The molecule has 0 bridgehead atoms. The van der Waals surface area contributed by atoms with Crippen LogP contribution in [0.1, 0.15) is 17.5 Å². The van der Waals surface area contributed by atoms with Gasteiger partial charge in [-0.15, -0.1) is 23.7 Å². The van der Waals surface area contributed by atoms with Crippen LogP contribution in [0.15, 0.2) is 46.3 Å². The summed E-state index contributed by atoms with van der Waals surface area (Å²) in [6, 6.07) is 10.8. The topological polar surface area (TPSA) is 54.2 Å². The van der Waals surface area contributed by atoms with E-state index in [2.05, 4.69) is 20.4 Å². The van der Waals surface area contributed by atoms with Crippen LogP contribution in [-0.2, 0) is 6.54 Å². The van der Waals surface area contributed by atoms with Gasteiger partial charge in [-0.1, -0.05) is 23.4 Å². The highest BCUT2D eigenvalue weighted by Crippen LogP contribution is 2.26. The van der Waals surface area contributed by atoms with Crippen molar-refractivity contribution in [3.8, 4) is 10.7 Å². The fourth-order valence-electron chi connectivity index (χ4n) is 2.98. The fourth-order valence-corrected chi connectivity index (χ4v) is 3.63. The molecule has 1 aliphatic rings. The lowest BCUT2D eigenvalue weighted by atomic mass is 10.0. The van der Waals surface area contributed by atoms with E-state index in [1.807, 2.05) is 23.6 Å². The summed E-state index contributed by atoms with van der Waals surface area (Å²) in [5, 5.41) is 9.41. The van der Waals surface area contributed by atoms with Gasteiger partial charge in [0.1, 0.15) is 5.82 Å². The van der Waals surface area contributed by atoms with Crippen molar-refractivity contribution in [2.24, 2.45) is 0 Å². The first-order valence-corrected chi connectivity index (χ1v) is 8.74. The average molecular weight is 381 g/mol. The highest BCUT2D eigenvalue weighted by Gasteiger charge is 2.26. The Kier molecular flexibility index (Phi) is 5.80. The van der Waals surface area contributed by atoms with E-state index in [9.17, 15) is 4.39 Å². The second-order valence-corrected chi connectivity index (χ2v) is 6.68. The van der Waals surface area contributed by atoms with Crippen LogP contribution in [0.3, 0.4) is 0 Å². The third-order valence-electron chi connectivity index (χ3n) is 4.14. The maximum atomic E-state index is 13.6. The second kappa shape index (κ2) is 8.05. The van der Waals surface area contributed by atoms with Crippen molar-refractivity contribution >= 4 is 23.7 Å². The van der Waals surface area contributed by atoms with Gasteiger partial charge in [0.05, 0.1) is 11.4 Å². The maximum absolute atomic E-state index is 13.6. The summed E-state index contributed by atoms with van der Waals surface area (Å²) in [6.07, 6.45) is 0. The molecule has 25 heavy (non-hydrogen) atoms. The van der Waals surface area contributed by atoms with Crippen LogP contribution in [0, 0.1) is 5.82 Å². The molecule has 1 N–H and O–H groups in total. The minimum absolute atomic E-state index is 0. The number of hydrogen-bond acceptors (Lipinski definition) is 6. The van der Waals surface area contributed by atoms with Gasteiger partial charge in [0.15, 0.2) is 0 Å². The van der Waals surface area contributed by atoms with E-state index < -0.39 is 0 Å². The first-order chi connectivity index (χ1) is 11.8. The molecule has 1 aromatic carbocycles. The average Bonchev–Trinajstić information content (AvgIpc) is 3.26. The van der Waals surface area contributed by atoms with Crippen molar-refractivity contribution in [3.05, 3.63) is 59.0 Å². The van der Waals surface area contributed by atoms with Crippen molar-refractivity contribution in [2.45, 2.75) is 12.6 Å². The maximum Gasteiger partial charge on any atom is 0.241 e. The normalized spacial score (nSPS) is 18.0. The number of benzene rings is 1. The Bertz CT molecular complexity index is 811. The van der Waals surface area contributed by atoms with E-state index in [0.717, 1.165) is 30.1 Å². The van der Waals surface area contributed by atoms with Crippen LogP contribution in [0.25, 0.3) is 10.7 Å². The highest BCUT2D eigenvalue weighted by atomic mass is 35.5. The van der Waals surface area contributed by atoms with Crippen molar-refractivity contribution in [3.63, 3.8) is 0 Å². The third kappa shape index (κ3) is 4.07. The molecule has 0 spiro atoms. The molecule has 0 radical (unpaired) electrons. The number of aromatic nitrogens is 2. The molecule has 1 fully saturated rings. The van der Waals surface area contributed by atoms with Crippen molar-refractivity contribution in [1.82, 2.24) is 20.4 Å². The molecular formula is C17H18ClFN4OS. The second-order valence-electron chi connectivity index (χ2n) is 5.73. The number of thiophene rings is 1.